The van der Waals surface area contributed by atoms with Crippen LogP contribution in [0.1, 0.15) is 17.5 Å². The molecular weight excluding hydrogens is 354 g/mol. The van der Waals surface area contributed by atoms with Crippen molar-refractivity contribution in [1.82, 2.24) is 10.1 Å². The van der Waals surface area contributed by atoms with Gasteiger partial charge < -0.3 is 10.3 Å². The topological polar surface area (TPSA) is 64.9 Å². The second-order valence-corrected chi connectivity index (χ2v) is 5.79. The number of hydrogen-bond donors (Lipinski definition) is 1. The van der Waals surface area contributed by atoms with Crippen molar-refractivity contribution in [3.63, 3.8) is 0 Å². The number of halogens is 2. The molecule has 21 heavy (non-hydrogen) atoms. The van der Waals surface area contributed by atoms with Gasteiger partial charge in [-0.15, -0.1) is 0 Å². The van der Waals surface area contributed by atoms with E-state index in [0.29, 0.717) is 16.7 Å². The Hall–Kier alpha value is -1.69. The van der Waals surface area contributed by atoms with E-state index in [2.05, 4.69) is 26.1 Å². The Morgan fingerprint density at radius 1 is 1.10 bits per heavy atom. The van der Waals surface area contributed by atoms with E-state index >= 15 is 0 Å². The van der Waals surface area contributed by atoms with Crippen LogP contribution in [-0.2, 0) is 0 Å². The average molecular weight is 365 g/mol. The highest BCUT2D eigenvalue weighted by atomic mass is 79.9. The Morgan fingerprint density at radius 3 is 2.52 bits per heavy atom. The Morgan fingerprint density at radius 2 is 1.81 bits per heavy atom. The molecule has 0 aliphatic heterocycles. The third-order valence-corrected chi connectivity index (χ3v) is 3.92. The van der Waals surface area contributed by atoms with E-state index < -0.39 is 6.04 Å². The van der Waals surface area contributed by atoms with Crippen molar-refractivity contribution in [1.29, 1.82) is 0 Å². The van der Waals surface area contributed by atoms with Crippen LogP contribution in [0.2, 0.25) is 5.02 Å². The first-order valence-electron chi connectivity index (χ1n) is 6.24. The lowest BCUT2D eigenvalue weighted by molar-refractivity contribution is 0.367. The van der Waals surface area contributed by atoms with Crippen molar-refractivity contribution in [2.75, 3.05) is 0 Å². The molecule has 2 N–H and O–H groups in total. The zero-order valence-electron chi connectivity index (χ0n) is 10.8. The minimum absolute atomic E-state index is 0.334. The van der Waals surface area contributed by atoms with Gasteiger partial charge in [0.05, 0.1) is 0 Å². The summed E-state index contributed by atoms with van der Waals surface area (Å²) in [7, 11) is 0. The lowest BCUT2D eigenvalue weighted by atomic mass is 10.1. The van der Waals surface area contributed by atoms with Crippen molar-refractivity contribution in [2.45, 2.75) is 6.04 Å². The predicted molar refractivity (Wildman–Crippen MR) is 84.9 cm³/mol. The van der Waals surface area contributed by atoms with E-state index in [1.165, 1.54) is 0 Å². The van der Waals surface area contributed by atoms with E-state index in [0.717, 1.165) is 15.6 Å². The van der Waals surface area contributed by atoms with Gasteiger partial charge in [-0.3, -0.25) is 0 Å². The number of benzene rings is 2. The molecule has 0 saturated heterocycles. The zero-order valence-corrected chi connectivity index (χ0v) is 13.2. The zero-order chi connectivity index (χ0) is 14.8. The third-order valence-electron chi connectivity index (χ3n) is 3.05. The smallest absolute Gasteiger partial charge is 0.248 e. The SMILES string of the molecule is N[C@@H](c1nc(-c2ccc(Br)cc2)no1)c1ccccc1Cl. The molecule has 0 amide bonds. The lowest BCUT2D eigenvalue weighted by Gasteiger charge is -2.08. The monoisotopic (exact) mass is 363 g/mol. The number of nitrogens with two attached hydrogens (primary N) is 1. The Kier molecular flexibility index (Phi) is 4.05. The van der Waals surface area contributed by atoms with Gasteiger partial charge in [-0.2, -0.15) is 4.98 Å². The fraction of sp³-hybridized carbons (Fsp3) is 0.0667. The van der Waals surface area contributed by atoms with Gasteiger partial charge in [0.15, 0.2) is 0 Å². The van der Waals surface area contributed by atoms with Crippen LogP contribution >= 0.6 is 27.5 Å². The number of aromatic nitrogens is 2. The second kappa shape index (κ2) is 5.97. The van der Waals surface area contributed by atoms with Crippen molar-refractivity contribution in [2.24, 2.45) is 5.73 Å². The molecular formula is C15H11BrClN3O. The summed E-state index contributed by atoms with van der Waals surface area (Å²) in [4.78, 5) is 4.35. The normalized spacial score (nSPS) is 12.3. The van der Waals surface area contributed by atoms with Crippen LogP contribution in [0.3, 0.4) is 0 Å². The summed E-state index contributed by atoms with van der Waals surface area (Å²) < 4.78 is 6.25. The number of rotatable bonds is 3. The summed E-state index contributed by atoms with van der Waals surface area (Å²) in [6, 6.07) is 14.4. The van der Waals surface area contributed by atoms with Crippen molar-refractivity contribution in [3.05, 3.63) is 69.5 Å². The van der Waals surface area contributed by atoms with E-state index in [1.807, 2.05) is 42.5 Å². The average Bonchev–Trinajstić information content (AvgIpc) is 2.98. The highest BCUT2D eigenvalue weighted by molar-refractivity contribution is 9.10. The summed E-state index contributed by atoms with van der Waals surface area (Å²) in [6.45, 7) is 0. The van der Waals surface area contributed by atoms with E-state index in [1.54, 1.807) is 6.07 Å². The standard InChI is InChI=1S/C15H11BrClN3O/c16-10-7-5-9(6-8-10)14-19-15(21-20-14)13(18)11-3-1-2-4-12(11)17/h1-8,13H,18H2/t13-/m1/s1. The molecule has 0 saturated carbocycles. The Bertz CT molecular complexity index is 758. The van der Waals surface area contributed by atoms with Crippen LogP contribution in [0, 0.1) is 0 Å². The van der Waals surface area contributed by atoms with Crippen LogP contribution in [0.4, 0.5) is 0 Å². The van der Waals surface area contributed by atoms with E-state index in [4.69, 9.17) is 21.9 Å². The molecule has 1 atom stereocenters. The van der Waals surface area contributed by atoms with E-state index in [-0.39, 0.29) is 0 Å². The predicted octanol–water partition coefficient (Wildman–Crippen LogP) is 4.20. The Balaban J connectivity index is 1.91. The molecule has 0 fully saturated rings. The summed E-state index contributed by atoms with van der Waals surface area (Å²) in [5.41, 5.74) is 7.76. The van der Waals surface area contributed by atoms with Crippen LogP contribution in [0.15, 0.2) is 57.5 Å². The fourth-order valence-corrected chi connectivity index (χ4v) is 2.46. The van der Waals surface area contributed by atoms with Crippen molar-refractivity contribution in [3.8, 4) is 11.4 Å². The van der Waals surface area contributed by atoms with Crippen molar-refractivity contribution < 1.29 is 4.52 Å². The molecule has 2 aromatic carbocycles. The van der Waals surface area contributed by atoms with Crippen LogP contribution in [-0.4, -0.2) is 10.1 Å². The van der Waals surface area contributed by atoms with Gasteiger partial charge in [-0.1, -0.05) is 50.9 Å². The molecule has 3 rings (SSSR count). The van der Waals surface area contributed by atoms with Crippen molar-refractivity contribution >= 4 is 27.5 Å². The van der Waals surface area contributed by atoms with Gasteiger partial charge in [0.1, 0.15) is 6.04 Å². The highest BCUT2D eigenvalue weighted by Crippen LogP contribution is 2.27. The summed E-state index contributed by atoms with van der Waals surface area (Å²) in [5, 5.41) is 4.55. The largest absolute Gasteiger partial charge is 0.337 e. The lowest BCUT2D eigenvalue weighted by Crippen LogP contribution is -2.12. The van der Waals surface area contributed by atoms with Crippen LogP contribution in [0.5, 0.6) is 0 Å². The van der Waals surface area contributed by atoms with Gasteiger partial charge in [-0.25, -0.2) is 0 Å². The van der Waals surface area contributed by atoms with Gasteiger partial charge in [0.25, 0.3) is 0 Å². The Labute approximate surface area is 135 Å². The summed E-state index contributed by atoms with van der Waals surface area (Å²) >= 11 is 9.52. The first-order chi connectivity index (χ1) is 10.1. The molecule has 3 aromatic rings. The number of nitrogens with zero attached hydrogens (tertiary/aromatic N) is 2. The minimum Gasteiger partial charge on any atom is -0.337 e. The summed E-state index contributed by atoms with van der Waals surface area (Å²) in [6.07, 6.45) is 0. The van der Waals surface area contributed by atoms with Crippen LogP contribution < -0.4 is 5.73 Å². The van der Waals surface area contributed by atoms with E-state index in [9.17, 15) is 0 Å². The first kappa shape index (κ1) is 14.3. The minimum atomic E-state index is -0.546. The van der Waals surface area contributed by atoms with Crippen LogP contribution in [0.25, 0.3) is 11.4 Å². The molecule has 4 nitrogen and oxygen atoms in total. The molecule has 0 bridgehead atoms. The summed E-state index contributed by atoms with van der Waals surface area (Å²) in [5.74, 6) is 0.834. The maximum Gasteiger partial charge on any atom is 0.248 e. The molecule has 106 valence electrons. The number of hydrogen-bond acceptors (Lipinski definition) is 4. The molecule has 0 spiro atoms. The maximum atomic E-state index is 6.14. The molecule has 1 aromatic heterocycles. The highest BCUT2D eigenvalue weighted by Gasteiger charge is 2.19. The molecule has 6 heteroatoms. The second-order valence-electron chi connectivity index (χ2n) is 4.46. The van der Waals surface area contributed by atoms with Gasteiger partial charge in [-0.05, 0) is 35.9 Å². The molecule has 0 aliphatic rings. The van der Waals surface area contributed by atoms with Gasteiger partial charge in [0, 0.05) is 15.1 Å². The van der Waals surface area contributed by atoms with Gasteiger partial charge in [0.2, 0.25) is 11.7 Å². The molecule has 0 unspecified atom stereocenters. The first-order valence-corrected chi connectivity index (χ1v) is 7.42. The third kappa shape index (κ3) is 3.00. The fourth-order valence-electron chi connectivity index (χ4n) is 1.94. The quantitative estimate of drug-likeness (QED) is 0.756. The molecule has 0 aliphatic carbocycles. The maximum absolute atomic E-state index is 6.14. The molecule has 0 radical (unpaired) electrons. The molecule has 1 heterocycles. The van der Waals surface area contributed by atoms with Gasteiger partial charge >= 0.3 is 0 Å².